The number of aromatic nitrogens is 4. The first-order valence-corrected chi connectivity index (χ1v) is 31.8. The molecule has 3 aromatic heterocycles. The number of carbonyl (C=O) groups is 9. The summed E-state index contributed by atoms with van der Waals surface area (Å²) in [6, 6.07) is 23.8. The Labute approximate surface area is 554 Å². The summed E-state index contributed by atoms with van der Waals surface area (Å²) in [6.45, 7) is 13.4. The van der Waals surface area contributed by atoms with E-state index in [4.69, 9.17) is 28.4 Å². The number of Topliss-reactive ketones (excluding diaryl/α,β-unsaturated/α-hetero) is 2. The number of aryl methyl sites for hydroxylation is 2. The van der Waals surface area contributed by atoms with Gasteiger partial charge in [0.2, 0.25) is 17.6 Å². The summed E-state index contributed by atoms with van der Waals surface area (Å²) in [5.74, 6) is -3.90. The Bertz CT molecular complexity index is 4140. The topological polar surface area (TPSA) is 287 Å². The van der Waals surface area contributed by atoms with Crippen LogP contribution in [0.1, 0.15) is 124 Å². The van der Waals surface area contributed by atoms with Crippen LogP contribution in [0.15, 0.2) is 134 Å². The first-order valence-electron chi connectivity index (χ1n) is 31.8. The van der Waals surface area contributed by atoms with Gasteiger partial charge in [-0.1, -0.05) is 87.2 Å². The fraction of sp³-hybridized carbons (Fsp3) is 0.361. The second-order valence-electron chi connectivity index (χ2n) is 24.6. The molecule has 10 rings (SSSR count). The molecule has 0 saturated carbocycles. The summed E-state index contributed by atoms with van der Waals surface area (Å²) in [6.07, 6.45) is 6.34. The van der Waals surface area contributed by atoms with Gasteiger partial charge < -0.3 is 58.2 Å². The van der Waals surface area contributed by atoms with E-state index in [-0.39, 0.29) is 122 Å². The number of carboxylic acids is 1. The number of amides is 4. The van der Waals surface area contributed by atoms with Crippen LogP contribution >= 0.6 is 0 Å². The number of ether oxygens (including phenoxy) is 6. The molecule has 3 aliphatic rings. The molecule has 502 valence electrons. The van der Waals surface area contributed by atoms with Crippen LogP contribution in [-0.2, 0) is 71.7 Å². The zero-order valence-corrected chi connectivity index (χ0v) is 54.5. The number of hydrogen-bond donors (Lipinski definition) is 3. The number of esters is 1. The number of rotatable bonds is 27. The van der Waals surface area contributed by atoms with Crippen LogP contribution in [0, 0.1) is 11.8 Å². The van der Waals surface area contributed by atoms with Gasteiger partial charge in [-0.3, -0.25) is 38.1 Å². The molecule has 24 nitrogen and oxygen atoms in total. The van der Waals surface area contributed by atoms with Gasteiger partial charge in [0, 0.05) is 82.1 Å². The van der Waals surface area contributed by atoms with Crippen molar-refractivity contribution in [2.24, 2.45) is 25.9 Å². The molecule has 5 atom stereocenters. The molecule has 7 aromatic rings. The number of nitrogens with zero attached hydrogens (tertiary/aromatic N) is 6. The molecule has 0 bridgehead atoms. The SMILES string of the molecule is C=CCOC(=O)C[C@H](C(=O)N[C@@H](C)C(=O)Cc1ccc(COC(=O)N2c3cc(OCCCC(=O)Nc4cn(C)c(C(=O)Cc5ccc(-c6cc(C(=O)n7ccc8cc(C(=O)O)ccc87)n(C)c6)cc5)n4)c(OC)cc3C(=O)N3CC(=C)C[C@H]3[C@@H]2OC2CCCCO2)cc1)C(C)C. The molecular weight excluding hydrogens is 1230 g/mol. The van der Waals surface area contributed by atoms with Gasteiger partial charge in [-0.05, 0) is 104 Å². The lowest BCUT2D eigenvalue weighted by molar-refractivity contribution is -0.195. The average Bonchev–Trinajstić information content (AvgIpc) is 1.57. The lowest BCUT2D eigenvalue weighted by Gasteiger charge is -2.38. The highest BCUT2D eigenvalue weighted by molar-refractivity contribution is 6.07. The first-order chi connectivity index (χ1) is 46.1. The number of aromatic carboxylic acids is 1. The van der Waals surface area contributed by atoms with Gasteiger partial charge in [-0.25, -0.2) is 19.5 Å². The van der Waals surface area contributed by atoms with Crippen molar-refractivity contribution in [3.05, 3.63) is 174 Å². The Morgan fingerprint density at radius 3 is 2.29 bits per heavy atom. The van der Waals surface area contributed by atoms with E-state index in [9.17, 15) is 48.3 Å². The normalized spacial score (nSPS) is 16.6. The van der Waals surface area contributed by atoms with E-state index in [1.54, 1.807) is 89.9 Å². The van der Waals surface area contributed by atoms with Crippen molar-refractivity contribution in [1.29, 1.82) is 0 Å². The van der Waals surface area contributed by atoms with Gasteiger partial charge in [-0.15, -0.1) is 0 Å². The minimum Gasteiger partial charge on any atom is -0.493 e. The van der Waals surface area contributed by atoms with E-state index in [1.807, 2.05) is 44.3 Å². The van der Waals surface area contributed by atoms with Crippen molar-refractivity contribution in [3.8, 4) is 22.6 Å². The predicted molar refractivity (Wildman–Crippen MR) is 354 cm³/mol. The Morgan fingerprint density at radius 1 is 0.844 bits per heavy atom. The molecule has 3 aliphatic heterocycles. The van der Waals surface area contributed by atoms with Gasteiger partial charge in [0.25, 0.3) is 11.8 Å². The molecule has 2 saturated heterocycles. The van der Waals surface area contributed by atoms with Crippen LogP contribution in [0.25, 0.3) is 22.0 Å². The fourth-order valence-electron chi connectivity index (χ4n) is 12.0. The van der Waals surface area contributed by atoms with E-state index in [2.05, 4.69) is 28.8 Å². The highest BCUT2D eigenvalue weighted by atomic mass is 16.7. The van der Waals surface area contributed by atoms with Crippen LogP contribution < -0.4 is 25.0 Å². The quantitative estimate of drug-likeness (QED) is 0.0187. The second-order valence-corrected chi connectivity index (χ2v) is 24.6. The van der Waals surface area contributed by atoms with Crippen LogP contribution in [0.3, 0.4) is 0 Å². The van der Waals surface area contributed by atoms with Gasteiger partial charge in [0.05, 0.1) is 60.5 Å². The smallest absolute Gasteiger partial charge is 0.416 e. The van der Waals surface area contributed by atoms with Crippen molar-refractivity contribution in [2.45, 2.75) is 110 Å². The Kier molecular flexibility index (Phi) is 21.6. The molecule has 24 heteroatoms. The minimum atomic E-state index is -1.11. The van der Waals surface area contributed by atoms with Crippen LogP contribution in [0.5, 0.6) is 11.5 Å². The van der Waals surface area contributed by atoms with Crippen molar-refractivity contribution in [3.63, 3.8) is 0 Å². The van der Waals surface area contributed by atoms with Gasteiger partial charge in [0.1, 0.15) is 18.9 Å². The third kappa shape index (κ3) is 15.8. The zero-order valence-electron chi connectivity index (χ0n) is 54.5. The summed E-state index contributed by atoms with van der Waals surface area (Å²) in [4.78, 5) is 128. The van der Waals surface area contributed by atoms with Gasteiger partial charge in [0.15, 0.2) is 41.4 Å². The van der Waals surface area contributed by atoms with E-state index < -0.39 is 66.3 Å². The third-order valence-electron chi connectivity index (χ3n) is 17.3. The molecule has 3 N–H and O–H groups in total. The summed E-state index contributed by atoms with van der Waals surface area (Å²) >= 11 is 0. The molecule has 4 amide bonds. The number of carbonyl (C=O) groups excluding carboxylic acids is 8. The van der Waals surface area contributed by atoms with Crippen LogP contribution in [-0.4, -0.2) is 140 Å². The third-order valence-corrected chi connectivity index (χ3v) is 17.3. The fourth-order valence-corrected chi connectivity index (χ4v) is 12.0. The van der Waals surface area contributed by atoms with Crippen LogP contribution in [0.4, 0.5) is 16.3 Å². The molecule has 1 unspecified atom stereocenters. The van der Waals surface area contributed by atoms with E-state index in [0.717, 1.165) is 29.5 Å². The number of nitrogens with one attached hydrogen (secondary N) is 2. The maximum Gasteiger partial charge on any atom is 0.416 e. The molecule has 96 heavy (non-hydrogen) atoms. The Morgan fingerprint density at radius 2 is 1.58 bits per heavy atom. The molecule has 2 fully saturated rings. The standard InChI is InChI=1S/C72H78N8O16/c1-9-27-93-64(84)36-52(42(2)3)67(85)73-44(5)58(81)31-45-15-17-47(18-16-45)41-95-72(90)80-55-37-61(60(91-8)35-53(55)68(86)79-38-43(4)30-57(79)70(80)96-65-14-10-11-28-94-65)92-29-12-13-63(83)74-62-40-77(7)66(75-62)59(82)32-46-19-21-48(22-20-46)51-34-56(76(6)39-51)69(87)78-26-25-49-33-50(71(88)89)23-24-54(49)78/h9,15-26,33-35,37,39-40,42,44,52,57,65,70H,1,4,10-14,27-32,36,38,41H2,2-3,5-8H3,(H,73,85)(H,74,83)(H,88,89)/t44-,52-,57-,65?,70-/m0/s1. The molecule has 4 aromatic carbocycles. The number of carboxylic acid groups (broad SMARTS) is 1. The number of methoxy groups -OCH3 is 1. The molecular formula is C72H78N8O16. The maximum atomic E-state index is 14.9. The first kappa shape index (κ1) is 68.4. The molecule has 0 radical (unpaired) electrons. The highest BCUT2D eigenvalue weighted by Crippen LogP contribution is 2.44. The van der Waals surface area contributed by atoms with Gasteiger partial charge in [-0.2, -0.15) is 0 Å². The number of fused-ring (bicyclic) bond motifs is 3. The van der Waals surface area contributed by atoms with Crippen molar-refractivity contribution in [1.82, 2.24) is 28.9 Å². The number of ketones is 2. The predicted octanol–water partition coefficient (Wildman–Crippen LogP) is 9.80. The number of anilines is 2. The monoisotopic (exact) mass is 1310 g/mol. The second kappa shape index (κ2) is 30.3. The minimum absolute atomic E-state index is 0.00837. The zero-order chi connectivity index (χ0) is 68.5. The van der Waals surface area contributed by atoms with E-state index in [1.165, 1.54) is 46.9 Å². The number of hydrogen-bond acceptors (Lipinski definition) is 16. The summed E-state index contributed by atoms with van der Waals surface area (Å²) in [5, 5.41) is 15.6. The van der Waals surface area contributed by atoms with E-state index >= 15 is 0 Å². The summed E-state index contributed by atoms with van der Waals surface area (Å²) in [5.41, 5.74) is 5.65. The summed E-state index contributed by atoms with van der Waals surface area (Å²) in [7, 11) is 4.85. The largest absolute Gasteiger partial charge is 0.493 e. The van der Waals surface area contributed by atoms with E-state index in [0.29, 0.717) is 52.7 Å². The van der Waals surface area contributed by atoms with Gasteiger partial charge >= 0.3 is 18.0 Å². The number of imidazole rings is 1. The lowest BCUT2D eigenvalue weighted by atomic mass is 9.91. The average molecular weight is 1310 g/mol. The molecule has 0 spiro atoms. The summed E-state index contributed by atoms with van der Waals surface area (Å²) < 4.78 is 40.7. The molecule has 6 heterocycles. The lowest BCUT2D eigenvalue weighted by Crippen LogP contribution is -2.54. The Hall–Kier alpha value is -10.5. The number of benzene rings is 4. The Balaban J connectivity index is 0.766. The van der Waals surface area contributed by atoms with Crippen molar-refractivity contribution in [2.75, 3.05) is 43.7 Å². The maximum absolute atomic E-state index is 14.9. The van der Waals surface area contributed by atoms with Crippen molar-refractivity contribution < 1.29 is 76.7 Å². The van der Waals surface area contributed by atoms with Crippen molar-refractivity contribution >= 4 is 75.6 Å². The van der Waals surface area contributed by atoms with Crippen LogP contribution in [0.2, 0.25) is 0 Å². The highest BCUT2D eigenvalue weighted by Gasteiger charge is 2.49. The molecule has 0 aliphatic carbocycles.